The number of amides is 2. The first kappa shape index (κ1) is 29.4. The Bertz CT molecular complexity index is 1740. The highest BCUT2D eigenvalue weighted by atomic mass is 16.3. The molecule has 1 fully saturated rings. The Morgan fingerprint density at radius 2 is 1.84 bits per heavy atom. The molecule has 1 aliphatic carbocycles. The topological polar surface area (TPSA) is 150 Å². The van der Waals surface area contributed by atoms with Gasteiger partial charge in [0.2, 0.25) is 5.95 Å². The Kier molecular flexibility index (Phi) is 8.96. The third kappa shape index (κ3) is 7.27. The number of urea groups is 1. The molecular formula is C33H34N10O2. The van der Waals surface area contributed by atoms with Gasteiger partial charge in [-0.25, -0.2) is 14.8 Å². The van der Waals surface area contributed by atoms with Crippen LogP contribution in [0.25, 0.3) is 11.1 Å². The average Bonchev–Trinajstić information content (AvgIpc) is 3.77. The molecule has 6 rings (SSSR count). The summed E-state index contributed by atoms with van der Waals surface area (Å²) >= 11 is 0. The molecule has 4 aromatic heterocycles. The van der Waals surface area contributed by atoms with E-state index in [1.165, 1.54) is 6.20 Å². The molecule has 12 nitrogen and oxygen atoms in total. The van der Waals surface area contributed by atoms with Gasteiger partial charge in [-0.2, -0.15) is 15.3 Å². The molecule has 0 spiro atoms. The number of aromatic nitrogens is 5. The number of nitriles is 1. The van der Waals surface area contributed by atoms with Gasteiger partial charge in [0, 0.05) is 49.2 Å². The minimum absolute atomic E-state index is 0.0389. The predicted octanol–water partition coefficient (Wildman–Crippen LogP) is 5.49. The first-order valence-electron chi connectivity index (χ1n) is 14.9. The van der Waals surface area contributed by atoms with Crippen molar-refractivity contribution in [3.8, 4) is 17.2 Å². The molecule has 0 unspecified atom stereocenters. The van der Waals surface area contributed by atoms with Gasteiger partial charge in [-0.3, -0.25) is 9.58 Å². The van der Waals surface area contributed by atoms with E-state index in [2.05, 4.69) is 37.1 Å². The van der Waals surface area contributed by atoms with Gasteiger partial charge in [0.1, 0.15) is 29.0 Å². The van der Waals surface area contributed by atoms with Crippen LogP contribution in [-0.4, -0.2) is 42.8 Å². The van der Waals surface area contributed by atoms with E-state index < -0.39 is 0 Å². The quantitative estimate of drug-likeness (QED) is 0.189. The van der Waals surface area contributed by atoms with Crippen molar-refractivity contribution in [3.63, 3.8) is 0 Å². The fraction of sp³-hybridized carbons (Fsp3) is 0.273. The highest BCUT2D eigenvalue weighted by Gasteiger charge is 2.31. The van der Waals surface area contributed by atoms with Gasteiger partial charge >= 0.3 is 6.03 Å². The minimum Gasteiger partial charge on any atom is -0.467 e. The Balaban J connectivity index is 1.13. The summed E-state index contributed by atoms with van der Waals surface area (Å²) in [6.45, 7) is 0.829. The van der Waals surface area contributed by atoms with E-state index in [1.807, 2.05) is 67.8 Å². The predicted molar refractivity (Wildman–Crippen MR) is 170 cm³/mol. The van der Waals surface area contributed by atoms with Crippen LogP contribution in [0.15, 0.2) is 90.1 Å². The van der Waals surface area contributed by atoms with E-state index in [4.69, 9.17) is 9.40 Å². The summed E-state index contributed by atoms with van der Waals surface area (Å²) < 4.78 is 7.13. The van der Waals surface area contributed by atoms with Crippen LogP contribution in [0.5, 0.6) is 0 Å². The molecule has 0 atom stereocenters. The summed E-state index contributed by atoms with van der Waals surface area (Å²) in [5, 5.41) is 23.5. The third-order valence-corrected chi connectivity index (χ3v) is 7.85. The van der Waals surface area contributed by atoms with Crippen LogP contribution in [-0.2, 0) is 20.1 Å². The second-order valence-electron chi connectivity index (χ2n) is 11.0. The number of furan rings is 1. The van der Waals surface area contributed by atoms with Gasteiger partial charge in [0.25, 0.3) is 0 Å². The number of benzene rings is 1. The van der Waals surface area contributed by atoms with Gasteiger partial charge in [0.15, 0.2) is 0 Å². The van der Waals surface area contributed by atoms with E-state index in [0.29, 0.717) is 36.2 Å². The maximum absolute atomic E-state index is 13.7. The van der Waals surface area contributed by atoms with Crippen LogP contribution in [0.3, 0.4) is 0 Å². The van der Waals surface area contributed by atoms with Gasteiger partial charge in [-0.15, -0.1) is 0 Å². The lowest BCUT2D eigenvalue weighted by atomic mass is 9.90. The number of aryl methyl sites for hydroxylation is 1. The van der Waals surface area contributed by atoms with Crippen molar-refractivity contribution >= 4 is 23.6 Å². The molecular weight excluding hydrogens is 568 g/mol. The third-order valence-electron chi connectivity index (χ3n) is 7.85. The molecule has 12 heteroatoms. The van der Waals surface area contributed by atoms with Crippen molar-refractivity contribution < 1.29 is 9.21 Å². The first-order valence-corrected chi connectivity index (χ1v) is 14.9. The molecule has 0 saturated heterocycles. The van der Waals surface area contributed by atoms with Crippen molar-refractivity contribution in [2.45, 2.75) is 50.9 Å². The zero-order valence-corrected chi connectivity index (χ0v) is 24.9. The summed E-state index contributed by atoms with van der Waals surface area (Å²) in [4.78, 5) is 29.1. The van der Waals surface area contributed by atoms with E-state index in [0.717, 1.165) is 48.1 Å². The van der Waals surface area contributed by atoms with Crippen LogP contribution in [0.4, 0.5) is 22.4 Å². The first-order chi connectivity index (χ1) is 22.1. The minimum atomic E-state index is -0.181. The monoisotopic (exact) mass is 602 g/mol. The zero-order chi connectivity index (χ0) is 31.0. The van der Waals surface area contributed by atoms with Gasteiger partial charge in [0.05, 0.1) is 25.2 Å². The number of rotatable bonds is 10. The number of nitrogens with one attached hydrogen (secondary N) is 3. The summed E-state index contributed by atoms with van der Waals surface area (Å²) in [6.07, 6.45) is 11.8. The fourth-order valence-electron chi connectivity index (χ4n) is 5.50. The van der Waals surface area contributed by atoms with Crippen LogP contribution >= 0.6 is 0 Å². The van der Waals surface area contributed by atoms with Gasteiger partial charge in [-0.1, -0.05) is 30.3 Å². The lowest BCUT2D eigenvalue weighted by molar-refractivity contribution is 0.240. The van der Waals surface area contributed by atoms with E-state index >= 15 is 0 Å². The van der Waals surface area contributed by atoms with Crippen LogP contribution in [0.1, 0.15) is 42.6 Å². The van der Waals surface area contributed by atoms with Crippen molar-refractivity contribution in [3.05, 3.63) is 103 Å². The SMILES string of the molecule is Cn1cc(-c2ccc(N(C(=O)NCc3ccccc3)C3CCC(Nc4ncc(C#N)c(NCc5ccco5)n4)CC3)nc2)cn1. The van der Waals surface area contributed by atoms with Gasteiger partial charge < -0.3 is 20.4 Å². The Hall–Kier alpha value is -5.70. The molecule has 1 aliphatic rings. The lowest BCUT2D eigenvalue weighted by Gasteiger charge is -2.36. The van der Waals surface area contributed by atoms with E-state index in [-0.39, 0.29) is 18.1 Å². The number of nitrogens with zero attached hydrogens (tertiary/aromatic N) is 7. The molecule has 2 amide bonds. The average molecular weight is 603 g/mol. The number of anilines is 3. The number of hydrogen-bond acceptors (Lipinski definition) is 9. The van der Waals surface area contributed by atoms with Crippen molar-refractivity contribution in [1.82, 2.24) is 30.0 Å². The molecule has 1 saturated carbocycles. The van der Waals surface area contributed by atoms with Crippen molar-refractivity contribution in [2.75, 3.05) is 15.5 Å². The second-order valence-corrected chi connectivity index (χ2v) is 11.0. The smallest absolute Gasteiger partial charge is 0.323 e. The number of carbonyl (C=O) groups excluding carboxylic acids is 1. The van der Waals surface area contributed by atoms with Crippen LogP contribution < -0.4 is 20.9 Å². The normalized spacial score (nSPS) is 16.0. The Labute approximate surface area is 261 Å². The summed E-state index contributed by atoms with van der Waals surface area (Å²) in [5.74, 6) is 2.24. The molecule has 45 heavy (non-hydrogen) atoms. The Morgan fingerprint density at radius 3 is 2.53 bits per heavy atom. The largest absolute Gasteiger partial charge is 0.467 e. The summed E-state index contributed by atoms with van der Waals surface area (Å²) in [6, 6.07) is 19.4. The zero-order valence-electron chi connectivity index (χ0n) is 24.9. The van der Waals surface area contributed by atoms with E-state index in [9.17, 15) is 10.1 Å². The molecule has 0 bridgehead atoms. The molecule has 3 N–H and O–H groups in total. The molecule has 5 aromatic rings. The maximum atomic E-state index is 13.7. The number of pyridine rings is 1. The van der Waals surface area contributed by atoms with Crippen LogP contribution in [0, 0.1) is 11.3 Å². The lowest BCUT2D eigenvalue weighted by Crippen LogP contribution is -2.49. The number of hydrogen-bond donors (Lipinski definition) is 3. The number of carbonyl (C=O) groups is 1. The highest BCUT2D eigenvalue weighted by molar-refractivity contribution is 5.91. The van der Waals surface area contributed by atoms with Crippen molar-refractivity contribution in [1.29, 1.82) is 5.26 Å². The molecule has 4 heterocycles. The highest BCUT2D eigenvalue weighted by Crippen LogP contribution is 2.30. The summed E-state index contributed by atoms with van der Waals surface area (Å²) in [7, 11) is 1.88. The van der Waals surface area contributed by atoms with E-state index in [1.54, 1.807) is 28.2 Å². The second kappa shape index (κ2) is 13.7. The molecule has 228 valence electrons. The Morgan fingerprint density at radius 1 is 1.00 bits per heavy atom. The standard InChI is InChI=1S/C33H34N10O2/c1-42-22-26(20-39-42)24-9-14-30(35-18-24)43(33(44)38-17-23-6-3-2-4-7-23)28-12-10-27(11-13-28)40-32-37-19-25(16-34)31(41-32)36-21-29-8-5-15-45-29/h2-9,14-15,18-20,22,27-28H,10-13,17,21H2,1H3,(H,38,44)(H2,36,37,40,41). The van der Waals surface area contributed by atoms with Gasteiger partial charge in [-0.05, 0) is 55.5 Å². The summed E-state index contributed by atoms with van der Waals surface area (Å²) in [5.41, 5.74) is 3.28. The molecule has 0 aliphatic heterocycles. The fourth-order valence-corrected chi connectivity index (χ4v) is 5.50. The molecule has 1 aromatic carbocycles. The molecule has 0 radical (unpaired) electrons. The maximum Gasteiger partial charge on any atom is 0.323 e. The van der Waals surface area contributed by atoms with Crippen molar-refractivity contribution in [2.24, 2.45) is 7.05 Å². The van der Waals surface area contributed by atoms with Crippen LogP contribution in [0.2, 0.25) is 0 Å².